The molecule has 7 atom stereocenters. The number of hydrogen-bond acceptors (Lipinski definition) is 15. The summed E-state index contributed by atoms with van der Waals surface area (Å²) in [5.74, 6) is 1.00. The van der Waals surface area contributed by atoms with Crippen molar-refractivity contribution in [1.82, 2.24) is 0 Å². The maximum absolute atomic E-state index is 13.1. The summed E-state index contributed by atoms with van der Waals surface area (Å²) in [5, 5.41) is 10.6. The second-order valence-electron chi connectivity index (χ2n) is 31.7. The molecule has 0 fully saturated rings. The lowest BCUT2D eigenvalue weighted by Crippen LogP contribution is -2.30. The van der Waals surface area contributed by atoms with Crippen LogP contribution in [0, 0.1) is 23.7 Å². The number of unbranched alkanes of at least 4 members (excludes halogenated alkanes) is 45. The van der Waals surface area contributed by atoms with Gasteiger partial charge in [-0.3, -0.25) is 37.3 Å². The molecular formula is C84H164O17P2. The van der Waals surface area contributed by atoms with E-state index >= 15 is 0 Å². The molecule has 3 N–H and O–H groups in total. The number of rotatable bonds is 81. The molecule has 0 aliphatic carbocycles. The predicted octanol–water partition coefficient (Wildman–Crippen LogP) is 25.2. The van der Waals surface area contributed by atoms with Crippen LogP contribution in [0.4, 0.5) is 0 Å². The zero-order valence-corrected chi connectivity index (χ0v) is 69.7. The smallest absolute Gasteiger partial charge is 0.462 e. The van der Waals surface area contributed by atoms with Crippen molar-refractivity contribution in [2.75, 3.05) is 39.6 Å². The number of carbonyl (C=O) groups is 4. The summed E-state index contributed by atoms with van der Waals surface area (Å²) < 4.78 is 68.7. The lowest BCUT2D eigenvalue weighted by molar-refractivity contribution is -0.161. The number of ether oxygens (including phenoxy) is 4. The molecular weight excluding hydrogens is 1340 g/mol. The summed E-state index contributed by atoms with van der Waals surface area (Å²) in [6.07, 6.45) is 61.4. The van der Waals surface area contributed by atoms with Gasteiger partial charge in [0.2, 0.25) is 0 Å². The minimum Gasteiger partial charge on any atom is -0.462 e. The SMILES string of the molecule is CCC(C)CCCCCCCCCCCCCCCCCCCCC(=O)O[C@H](COC(=O)CCCCCCCCC(C)CC)COP(=O)(O)OC[C@H](O)COP(=O)(O)OC[C@@H](COC(=O)CCCCCCCCCCCCCCCCCCCCC(C)C)OC(=O)CCCCCCCCCC(C)C. The highest BCUT2D eigenvalue weighted by Crippen LogP contribution is 2.45. The van der Waals surface area contributed by atoms with Crippen LogP contribution in [0.3, 0.4) is 0 Å². The van der Waals surface area contributed by atoms with Crippen molar-refractivity contribution in [2.24, 2.45) is 23.7 Å². The van der Waals surface area contributed by atoms with E-state index in [0.717, 1.165) is 114 Å². The van der Waals surface area contributed by atoms with Gasteiger partial charge in [0.05, 0.1) is 26.4 Å². The molecule has 0 amide bonds. The van der Waals surface area contributed by atoms with Crippen molar-refractivity contribution < 1.29 is 80.2 Å². The molecule has 0 saturated carbocycles. The molecule has 0 aromatic heterocycles. The van der Waals surface area contributed by atoms with Gasteiger partial charge in [0.25, 0.3) is 0 Å². The zero-order valence-electron chi connectivity index (χ0n) is 68.0. The van der Waals surface area contributed by atoms with E-state index in [0.29, 0.717) is 31.6 Å². The second-order valence-corrected chi connectivity index (χ2v) is 34.6. The topological polar surface area (TPSA) is 237 Å². The van der Waals surface area contributed by atoms with E-state index in [4.69, 9.17) is 37.0 Å². The van der Waals surface area contributed by atoms with E-state index in [1.165, 1.54) is 231 Å². The van der Waals surface area contributed by atoms with Crippen LogP contribution in [-0.2, 0) is 65.4 Å². The van der Waals surface area contributed by atoms with Crippen LogP contribution in [0.15, 0.2) is 0 Å². The van der Waals surface area contributed by atoms with Crippen molar-refractivity contribution >= 4 is 39.5 Å². The van der Waals surface area contributed by atoms with Crippen LogP contribution in [0.25, 0.3) is 0 Å². The van der Waals surface area contributed by atoms with Crippen molar-refractivity contribution in [3.63, 3.8) is 0 Å². The summed E-state index contributed by atoms with van der Waals surface area (Å²) in [6, 6.07) is 0. The maximum Gasteiger partial charge on any atom is 0.472 e. The number of hydrogen-bond donors (Lipinski definition) is 3. The van der Waals surface area contributed by atoms with Crippen molar-refractivity contribution in [1.29, 1.82) is 0 Å². The first-order chi connectivity index (χ1) is 49.7. The molecule has 0 aromatic carbocycles. The van der Waals surface area contributed by atoms with E-state index < -0.39 is 97.5 Å². The van der Waals surface area contributed by atoms with E-state index in [1.54, 1.807) is 0 Å². The molecule has 17 nitrogen and oxygen atoms in total. The summed E-state index contributed by atoms with van der Waals surface area (Å²) >= 11 is 0. The van der Waals surface area contributed by atoms with Crippen LogP contribution in [0.2, 0.25) is 0 Å². The van der Waals surface area contributed by atoms with E-state index in [2.05, 4.69) is 55.4 Å². The minimum atomic E-state index is -4.96. The molecule has 612 valence electrons. The molecule has 0 radical (unpaired) electrons. The molecule has 0 saturated heterocycles. The fourth-order valence-electron chi connectivity index (χ4n) is 12.9. The molecule has 0 heterocycles. The molecule has 0 rings (SSSR count). The zero-order chi connectivity index (χ0) is 76.0. The van der Waals surface area contributed by atoms with Gasteiger partial charge >= 0.3 is 39.5 Å². The van der Waals surface area contributed by atoms with Gasteiger partial charge in [0.15, 0.2) is 12.2 Å². The fraction of sp³-hybridized carbons (Fsp3) is 0.952. The van der Waals surface area contributed by atoms with E-state index in [9.17, 15) is 43.2 Å². The number of phosphoric ester groups is 2. The molecule has 0 bridgehead atoms. The lowest BCUT2D eigenvalue weighted by Gasteiger charge is -2.21. The van der Waals surface area contributed by atoms with Gasteiger partial charge in [-0.1, -0.05) is 383 Å². The van der Waals surface area contributed by atoms with Crippen molar-refractivity contribution in [2.45, 2.75) is 453 Å². The minimum absolute atomic E-state index is 0.104. The van der Waals surface area contributed by atoms with Crippen LogP contribution < -0.4 is 0 Å². The summed E-state index contributed by atoms with van der Waals surface area (Å²) in [6.45, 7) is 14.3. The first-order valence-corrected chi connectivity index (χ1v) is 46.3. The molecule has 0 aliphatic heterocycles. The summed E-state index contributed by atoms with van der Waals surface area (Å²) in [5.41, 5.74) is 0. The highest BCUT2D eigenvalue weighted by atomic mass is 31.2. The summed E-state index contributed by atoms with van der Waals surface area (Å²) in [4.78, 5) is 73.0. The normalized spacial score (nSPS) is 14.5. The monoisotopic (exact) mass is 1510 g/mol. The Hall–Kier alpha value is -1.94. The second kappa shape index (κ2) is 72.9. The van der Waals surface area contributed by atoms with Crippen LogP contribution in [0.5, 0.6) is 0 Å². The average molecular weight is 1510 g/mol. The van der Waals surface area contributed by atoms with Gasteiger partial charge in [0, 0.05) is 25.7 Å². The summed E-state index contributed by atoms with van der Waals surface area (Å²) in [7, 11) is -9.92. The molecule has 19 heteroatoms. The Morgan fingerprint density at radius 2 is 0.466 bits per heavy atom. The Balaban J connectivity index is 5.11. The first-order valence-electron chi connectivity index (χ1n) is 43.3. The van der Waals surface area contributed by atoms with E-state index in [-0.39, 0.29) is 25.7 Å². The maximum atomic E-state index is 13.1. The number of carbonyl (C=O) groups excluding carboxylic acids is 4. The van der Waals surface area contributed by atoms with Gasteiger partial charge in [0.1, 0.15) is 19.3 Å². The van der Waals surface area contributed by atoms with Gasteiger partial charge in [-0.2, -0.15) is 0 Å². The first kappa shape index (κ1) is 101. The Bertz CT molecular complexity index is 2010. The molecule has 4 unspecified atom stereocenters. The third-order valence-electron chi connectivity index (χ3n) is 20.3. The van der Waals surface area contributed by atoms with Crippen LogP contribution >= 0.6 is 15.6 Å². The van der Waals surface area contributed by atoms with Crippen LogP contribution in [0.1, 0.15) is 434 Å². The van der Waals surface area contributed by atoms with Crippen molar-refractivity contribution in [3.8, 4) is 0 Å². The third kappa shape index (κ3) is 75.3. The number of esters is 4. The van der Waals surface area contributed by atoms with Crippen molar-refractivity contribution in [3.05, 3.63) is 0 Å². The largest absolute Gasteiger partial charge is 0.472 e. The molecule has 0 aliphatic rings. The highest BCUT2D eigenvalue weighted by Gasteiger charge is 2.30. The Labute approximate surface area is 632 Å². The number of aliphatic hydroxyl groups is 1. The van der Waals surface area contributed by atoms with E-state index in [1.807, 2.05) is 0 Å². The standard InChI is InChI=1S/C84H164O17P2/c1-9-76(7)62-54-46-38-32-28-24-20-16-12-14-18-22-26-30-34-40-50-58-66-83(88)100-80(71-95-82(87)65-57-49-43-42-47-55-63-77(8)10-2)73-99-103(92,93)97-69-78(85)68-96-102(90,91)98-72-79(101-84(89)67-59-51-41-35-37-45-53-61-75(5)6)70-94-81(86)64-56-48-39-33-29-25-21-17-13-11-15-19-23-27-31-36-44-52-60-74(3)4/h74-80,85H,9-73H2,1-8H3,(H,90,91)(H,92,93)/t76?,77?,78-,79-,80-/m1/s1. The van der Waals surface area contributed by atoms with Gasteiger partial charge in [-0.15, -0.1) is 0 Å². The lowest BCUT2D eigenvalue weighted by atomic mass is 9.99. The van der Waals surface area contributed by atoms with Gasteiger partial charge in [-0.05, 0) is 49.4 Å². The highest BCUT2D eigenvalue weighted by molar-refractivity contribution is 7.47. The number of phosphoric acid groups is 2. The quantitative estimate of drug-likeness (QED) is 0.0222. The molecule has 103 heavy (non-hydrogen) atoms. The van der Waals surface area contributed by atoms with Gasteiger partial charge in [-0.25, -0.2) is 9.13 Å². The number of aliphatic hydroxyl groups excluding tert-OH is 1. The molecule has 0 spiro atoms. The fourth-order valence-corrected chi connectivity index (χ4v) is 14.5. The third-order valence-corrected chi connectivity index (χ3v) is 22.2. The Morgan fingerprint density at radius 1 is 0.272 bits per heavy atom. The Morgan fingerprint density at radius 3 is 0.689 bits per heavy atom. The predicted molar refractivity (Wildman–Crippen MR) is 423 cm³/mol. The average Bonchev–Trinajstić information content (AvgIpc) is 0.909. The van der Waals surface area contributed by atoms with Crippen LogP contribution in [-0.4, -0.2) is 96.7 Å². The molecule has 0 aromatic rings. The van der Waals surface area contributed by atoms with Gasteiger partial charge < -0.3 is 33.8 Å². The Kier molecular flexibility index (Phi) is 71.5.